The van der Waals surface area contributed by atoms with Crippen LogP contribution in [0.2, 0.25) is 0 Å². The van der Waals surface area contributed by atoms with Crippen LogP contribution in [0.25, 0.3) is 0 Å². The number of anilines is 1. The predicted octanol–water partition coefficient (Wildman–Crippen LogP) is 3.53. The third-order valence-corrected chi connectivity index (χ3v) is 3.28. The Morgan fingerprint density at radius 2 is 2.33 bits per heavy atom. The van der Waals surface area contributed by atoms with E-state index >= 15 is 0 Å². The molecule has 1 aliphatic carbocycles. The van der Waals surface area contributed by atoms with Gasteiger partial charge >= 0.3 is 0 Å². The summed E-state index contributed by atoms with van der Waals surface area (Å²) in [6.45, 7) is 2.22. The van der Waals surface area contributed by atoms with Gasteiger partial charge in [-0.05, 0) is 30.5 Å². The molecule has 0 amide bonds. The van der Waals surface area contributed by atoms with Gasteiger partial charge in [0.25, 0.3) is 0 Å². The Hall–Kier alpha value is -1.01. The summed E-state index contributed by atoms with van der Waals surface area (Å²) in [4.78, 5) is 0. The summed E-state index contributed by atoms with van der Waals surface area (Å²) in [5.74, 6) is 0.814. The van der Waals surface area contributed by atoms with Crippen molar-refractivity contribution in [2.45, 2.75) is 25.8 Å². The van der Waals surface area contributed by atoms with Gasteiger partial charge in [-0.25, -0.2) is 0 Å². The lowest BCUT2D eigenvalue weighted by molar-refractivity contribution is 0.775. The van der Waals surface area contributed by atoms with E-state index in [9.17, 15) is 0 Å². The molecular weight excluding hydrogens is 252 g/mol. The third kappa shape index (κ3) is 2.51. The van der Waals surface area contributed by atoms with E-state index in [1.54, 1.807) is 0 Å². The van der Waals surface area contributed by atoms with E-state index < -0.39 is 0 Å². The Bertz CT molecular complexity index is 409. The minimum atomic E-state index is 0.607. The highest BCUT2D eigenvalue weighted by Gasteiger charge is 2.35. The number of nitrogens with one attached hydrogen (secondary N) is 1. The summed E-state index contributed by atoms with van der Waals surface area (Å²) in [5, 5.41) is 12.3. The predicted molar refractivity (Wildman–Crippen MR) is 64.7 cm³/mol. The molecule has 15 heavy (non-hydrogen) atoms. The first-order valence-electron chi connectivity index (χ1n) is 5.20. The summed E-state index contributed by atoms with van der Waals surface area (Å²) in [6, 6.07) is 8.51. The van der Waals surface area contributed by atoms with Crippen LogP contribution in [-0.4, -0.2) is 6.04 Å². The Balaban J connectivity index is 2.09. The van der Waals surface area contributed by atoms with Gasteiger partial charge in [-0.2, -0.15) is 5.26 Å². The van der Waals surface area contributed by atoms with E-state index in [4.69, 9.17) is 5.26 Å². The van der Waals surface area contributed by atoms with Gasteiger partial charge in [0.1, 0.15) is 0 Å². The maximum Gasteiger partial charge on any atom is 0.0992 e. The van der Waals surface area contributed by atoms with Crippen LogP contribution >= 0.6 is 15.9 Å². The highest BCUT2D eigenvalue weighted by Crippen LogP contribution is 2.36. The molecule has 0 heterocycles. The zero-order valence-corrected chi connectivity index (χ0v) is 10.2. The molecule has 1 aromatic rings. The Kier molecular flexibility index (Phi) is 2.97. The second-order valence-electron chi connectivity index (χ2n) is 4.00. The summed E-state index contributed by atoms with van der Waals surface area (Å²) in [6.07, 6.45) is 2.49. The number of nitriles is 1. The topological polar surface area (TPSA) is 35.8 Å². The number of hydrogen-bond acceptors (Lipinski definition) is 2. The van der Waals surface area contributed by atoms with E-state index in [0.29, 0.717) is 11.6 Å². The van der Waals surface area contributed by atoms with Crippen molar-refractivity contribution in [3.8, 4) is 6.07 Å². The minimum absolute atomic E-state index is 0.607. The zero-order chi connectivity index (χ0) is 10.8. The molecular formula is C12H13BrN2. The van der Waals surface area contributed by atoms with Gasteiger partial charge in [-0.3, -0.25) is 0 Å². The monoisotopic (exact) mass is 264 g/mol. The minimum Gasteiger partial charge on any atom is -0.382 e. The van der Waals surface area contributed by atoms with Crippen LogP contribution in [0.1, 0.15) is 25.3 Å². The fourth-order valence-corrected chi connectivity index (χ4v) is 2.32. The molecule has 0 aromatic heterocycles. The number of benzene rings is 1. The maximum atomic E-state index is 8.84. The third-order valence-electron chi connectivity index (χ3n) is 2.83. The van der Waals surface area contributed by atoms with Crippen LogP contribution in [0.5, 0.6) is 0 Å². The average Bonchev–Trinajstić information content (AvgIpc) is 2.95. The second kappa shape index (κ2) is 4.24. The molecule has 0 bridgehead atoms. The van der Waals surface area contributed by atoms with Gasteiger partial charge in [0.15, 0.2) is 0 Å². The van der Waals surface area contributed by atoms with Crippen molar-refractivity contribution >= 4 is 21.6 Å². The molecule has 1 N–H and O–H groups in total. The van der Waals surface area contributed by atoms with Crippen LogP contribution in [-0.2, 0) is 0 Å². The molecule has 2 rings (SSSR count). The van der Waals surface area contributed by atoms with Gasteiger partial charge in [0, 0.05) is 16.2 Å². The summed E-state index contributed by atoms with van der Waals surface area (Å²) in [7, 11) is 0. The first kappa shape index (κ1) is 10.5. The SMILES string of the molecule is CCC1CC1Nc1cc(Br)cc(C#N)c1. The number of rotatable bonds is 3. The first-order chi connectivity index (χ1) is 7.22. The van der Waals surface area contributed by atoms with Gasteiger partial charge in [-0.15, -0.1) is 0 Å². The van der Waals surface area contributed by atoms with Gasteiger partial charge < -0.3 is 5.32 Å². The van der Waals surface area contributed by atoms with Crippen LogP contribution < -0.4 is 5.32 Å². The van der Waals surface area contributed by atoms with Gasteiger partial charge in [0.05, 0.1) is 11.6 Å². The van der Waals surface area contributed by atoms with Gasteiger partial charge in [0.2, 0.25) is 0 Å². The molecule has 0 radical (unpaired) electrons. The van der Waals surface area contributed by atoms with Crippen molar-refractivity contribution in [2.75, 3.05) is 5.32 Å². The Labute approximate surface area is 98.4 Å². The van der Waals surface area contributed by atoms with E-state index in [-0.39, 0.29) is 0 Å². The highest BCUT2D eigenvalue weighted by molar-refractivity contribution is 9.10. The maximum absolute atomic E-state index is 8.84. The normalized spacial score (nSPS) is 23.3. The van der Waals surface area contributed by atoms with Crippen molar-refractivity contribution in [3.05, 3.63) is 28.2 Å². The fourth-order valence-electron chi connectivity index (χ4n) is 1.83. The smallest absolute Gasteiger partial charge is 0.0992 e. The van der Waals surface area contributed by atoms with Crippen LogP contribution in [0.3, 0.4) is 0 Å². The lowest BCUT2D eigenvalue weighted by Gasteiger charge is -2.06. The summed E-state index contributed by atoms with van der Waals surface area (Å²) < 4.78 is 0.956. The van der Waals surface area contributed by atoms with Crippen molar-refractivity contribution < 1.29 is 0 Å². The molecule has 1 saturated carbocycles. The highest BCUT2D eigenvalue weighted by atomic mass is 79.9. The van der Waals surface area contributed by atoms with Crippen LogP contribution in [0.4, 0.5) is 5.69 Å². The average molecular weight is 265 g/mol. The fraction of sp³-hybridized carbons (Fsp3) is 0.417. The number of halogens is 1. The van der Waals surface area contributed by atoms with Gasteiger partial charge in [-0.1, -0.05) is 29.3 Å². The lowest BCUT2D eigenvalue weighted by Crippen LogP contribution is -2.04. The molecule has 2 unspecified atom stereocenters. The molecule has 78 valence electrons. The van der Waals surface area contributed by atoms with Crippen molar-refractivity contribution in [3.63, 3.8) is 0 Å². The lowest BCUT2D eigenvalue weighted by atomic mass is 10.2. The second-order valence-corrected chi connectivity index (χ2v) is 4.91. The zero-order valence-electron chi connectivity index (χ0n) is 8.63. The van der Waals surface area contributed by atoms with Crippen molar-refractivity contribution in [2.24, 2.45) is 5.92 Å². The number of nitrogens with zero attached hydrogens (tertiary/aromatic N) is 1. The molecule has 1 aliphatic rings. The standard InChI is InChI=1S/C12H13BrN2/c1-2-9-5-12(9)15-11-4-8(7-14)3-10(13)6-11/h3-4,6,9,12,15H,2,5H2,1H3. The molecule has 1 aromatic carbocycles. The largest absolute Gasteiger partial charge is 0.382 e. The molecule has 1 fully saturated rings. The summed E-state index contributed by atoms with van der Waals surface area (Å²) >= 11 is 3.41. The molecule has 0 spiro atoms. The van der Waals surface area contributed by atoms with E-state index in [1.807, 2.05) is 18.2 Å². The molecule has 0 saturated heterocycles. The molecule has 2 nitrogen and oxygen atoms in total. The quantitative estimate of drug-likeness (QED) is 0.907. The van der Waals surface area contributed by atoms with Crippen LogP contribution in [0, 0.1) is 17.2 Å². The number of hydrogen-bond donors (Lipinski definition) is 1. The molecule has 3 heteroatoms. The molecule has 0 aliphatic heterocycles. The Morgan fingerprint density at radius 1 is 1.53 bits per heavy atom. The van der Waals surface area contributed by atoms with Crippen molar-refractivity contribution in [1.29, 1.82) is 5.26 Å². The van der Waals surface area contributed by atoms with E-state index in [0.717, 1.165) is 16.1 Å². The molecule has 2 atom stereocenters. The van der Waals surface area contributed by atoms with Crippen molar-refractivity contribution in [1.82, 2.24) is 0 Å². The van der Waals surface area contributed by atoms with Crippen LogP contribution in [0.15, 0.2) is 22.7 Å². The van der Waals surface area contributed by atoms with E-state index in [1.165, 1.54) is 12.8 Å². The summed E-state index contributed by atoms with van der Waals surface area (Å²) in [5.41, 5.74) is 1.74. The Morgan fingerprint density at radius 3 is 2.93 bits per heavy atom. The first-order valence-corrected chi connectivity index (χ1v) is 5.99. The van der Waals surface area contributed by atoms with E-state index in [2.05, 4.69) is 34.2 Å².